The molecule has 1 aromatic carbocycles. The summed E-state index contributed by atoms with van der Waals surface area (Å²) < 4.78 is 16.7. The second-order valence-electron chi connectivity index (χ2n) is 9.26. The number of unbranched alkanes of at least 4 members (excludes halogenated alkanes) is 4. The highest BCUT2D eigenvalue weighted by molar-refractivity contribution is 5.78. The van der Waals surface area contributed by atoms with Crippen LogP contribution in [0.2, 0.25) is 0 Å². The molecule has 1 N–H and O–H groups in total. The molecule has 0 aliphatic carbocycles. The summed E-state index contributed by atoms with van der Waals surface area (Å²) in [5, 5.41) is 11.3. The molecule has 3 rings (SSSR count). The zero-order valence-electron chi connectivity index (χ0n) is 19.9. The number of fused-ring (bicyclic) bond motifs is 1. The highest BCUT2D eigenvalue weighted by Gasteiger charge is 2.32. The lowest BCUT2D eigenvalue weighted by molar-refractivity contribution is -0.121. The van der Waals surface area contributed by atoms with Gasteiger partial charge in [0.25, 0.3) is 0 Å². The van der Waals surface area contributed by atoms with E-state index >= 15 is 0 Å². The van der Waals surface area contributed by atoms with Crippen LogP contribution >= 0.6 is 0 Å². The lowest BCUT2D eigenvalue weighted by atomic mass is 9.89. The van der Waals surface area contributed by atoms with Crippen LogP contribution in [0.5, 0.6) is 11.5 Å². The number of Topliss-reactive ketones (excluding diaryl/α,β-unsaturated/α-hetero) is 1. The standard InChI is InChI=1S/C26H41NO5.CH4.2H2/c1-3-4-5-6-7-10-23(28)16-21(18-27-13-8-9-22(27)19-30-2)26(29)20-11-12-24-25(17-20)32-15-14-31-24;;;/h11-12,17,21-22,26,29H,3-10,13-16,18-19H2,1-2H3;1H4;2*1H/t21-,22+,26+;;;/m1.../s1. The molecule has 1 fully saturated rings. The number of ketones is 1. The number of likely N-dealkylation sites (tertiary alicyclic amines) is 1. The molecule has 1 aromatic rings. The van der Waals surface area contributed by atoms with Crippen molar-refractivity contribution in [2.24, 2.45) is 5.92 Å². The molecule has 2 heterocycles. The van der Waals surface area contributed by atoms with E-state index in [-0.39, 0.29) is 22.0 Å². The lowest BCUT2D eigenvalue weighted by Crippen LogP contribution is -2.39. The molecule has 2 aliphatic heterocycles. The Kier molecular flexibility index (Phi) is 12.2. The number of hydrogen-bond donors (Lipinski definition) is 1. The number of benzene rings is 1. The predicted molar refractivity (Wildman–Crippen MR) is 136 cm³/mol. The van der Waals surface area contributed by atoms with Gasteiger partial charge in [-0.2, -0.15) is 0 Å². The number of aliphatic hydroxyl groups excluding tert-OH is 1. The molecule has 6 heteroatoms. The van der Waals surface area contributed by atoms with Crippen LogP contribution in [0.25, 0.3) is 0 Å². The fraction of sp³-hybridized carbons (Fsp3) is 0.741. The molecular formula is C27H49NO5. The van der Waals surface area contributed by atoms with Crippen molar-refractivity contribution in [3.8, 4) is 11.5 Å². The number of rotatable bonds is 14. The average Bonchev–Trinajstić information content (AvgIpc) is 3.24. The first-order valence-corrected chi connectivity index (χ1v) is 12.4. The highest BCUT2D eigenvalue weighted by atomic mass is 16.6. The second kappa shape index (κ2) is 14.6. The molecule has 192 valence electrons. The highest BCUT2D eigenvalue weighted by Crippen LogP contribution is 2.36. The Morgan fingerprint density at radius 1 is 1.21 bits per heavy atom. The van der Waals surface area contributed by atoms with Crippen molar-refractivity contribution < 1.29 is 27.0 Å². The van der Waals surface area contributed by atoms with Crippen LogP contribution in [0.3, 0.4) is 0 Å². The van der Waals surface area contributed by atoms with E-state index in [0.717, 1.165) is 37.8 Å². The van der Waals surface area contributed by atoms with Crippen LogP contribution in [0.1, 0.15) is 86.7 Å². The van der Waals surface area contributed by atoms with Gasteiger partial charge in [-0.15, -0.1) is 0 Å². The van der Waals surface area contributed by atoms with Crippen molar-refractivity contribution in [3.05, 3.63) is 23.8 Å². The van der Waals surface area contributed by atoms with Crippen molar-refractivity contribution in [2.75, 3.05) is 40.0 Å². The fourth-order valence-electron chi connectivity index (χ4n) is 4.93. The summed E-state index contributed by atoms with van der Waals surface area (Å²) in [6.07, 6.45) is 8.20. The maximum atomic E-state index is 12.8. The SMILES string of the molecule is C.CCCCCCCC(=O)C[C@H](CN1CCC[C@H]1COC)[C@@H](O)c1ccc2c(c1)OCCO2.[HH].[HH]. The first-order chi connectivity index (χ1) is 15.6. The number of carbonyl (C=O) groups excluding carboxylic acids is 1. The Hall–Kier alpha value is -1.63. The third-order valence-corrected chi connectivity index (χ3v) is 6.73. The molecule has 2 aliphatic rings. The van der Waals surface area contributed by atoms with Gasteiger partial charge in [0.2, 0.25) is 0 Å². The van der Waals surface area contributed by atoms with Crippen molar-refractivity contribution in [1.29, 1.82) is 0 Å². The van der Waals surface area contributed by atoms with Crippen LogP contribution in [-0.2, 0) is 9.53 Å². The van der Waals surface area contributed by atoms with Crippen LogP contribution in [0.4, 0.5) is 0 Å². The molecule has 0 unspecified atom stereocenters. The van der Waals surface area contributed by atoms with E-state index in [2.05, 4.69) is 11.8 Å². The van der Waals surface area contributed by atoms with Gasteiger partial charge < -0.3 is 19.3 Å². The van der Waals surface area contributed by atoms with Gasteiger partial charge in [-0.25, -0.2) is 0 Å². The summed E-state index contributed by atoms with van der Waals surface area (Å²) in [7, 11) is 1.74. The molecule has 0 spiro atoms. The van der Waals surface area contributed by atoms with Crippen LogP contribution in [0.15, 0.2) is 18.2 Å². The van der Waals surface area contributed by atoms with E-state index in [0.29, 0.717) is 56.7 Å². The maximum absolute atomic E-state index is 12.8. The Bertz CT molecular complexity index is 721. The summed E-state index contributed by atoms with van der Waals surface area (Å²) >= 11 is 0. The Balaban J connectivity index is 0.00000385. The van der Waals surface area contributed by atoms with E-state index in [1.165, 1.54) is 19.3 Å². The van der Waals surface area contributed by atoms with Crippen molar-refractivity contribution in [1.82, 2.24) is 4.90 Å². The third-order valence-electron chi connectivity index (χ3n) is 6.73. The minimum atomic E-state index is -0.723. The monoisotopic (exact) mass is 467 g/mol. The first-order valence-electron chi connectivity index (χ1n) is 12.4. The van der Waals surface area contributed by atoms with Gasteiger partial charge >= 0.3 is 0 Å². The molecule has 0 amide bonds. The lowest BCUT2D eigenvalue weighted by Gasteiger charge is -2.31. The van der Waals surface area contributed by atoms with Gasteiger partial charge in [-0.05, 0) is 43.5 Å². The zero-order valence-corrected chi connectivity index (χ0v) is 19.9. The third kappa shape index (κ3) is 8.27. The number of methoxy groups -OCH3 is 1. The molecule has 6 nitrogen and oxygen atoms in total. The number of ether oxygens (including phenoxy) is 3. The number of aliphatic hydroxyl groups is 1. The average molecular weight is 468 g/mol. The summed E-state index contributed by atoms with van der Waals surface area (Å²) in [6, 6.07) is 6.00. The van der Waals surface area contributed by atoms with E-state index in [9.17, 15) is 9.90 Å². The predicted octanol–water partition coefficient (Wildman–Crippen LogP) is 5.67. The maximum Gasteiger partial charge on any atom is 0.161 e. The van der Waals surface area contributed by atoms with Gasteiger partial charge in [0.05, 0.1) is 12.7 Å². The molecular weight excluding hydrogens is 418 g/mol. The first kappa shape index (κ1) is 27.6. The van der Waals surface area contributed by atoms with Crippen molar-refractivity contribution in [2.45, 2.75) is 84.3 Å². The van der Waals surface area contributed by atoms with E-state index in [1.807, 2.05) is 18.2 Å². The quantitative estimate of drug-likeness (QED) is 0.356. The van der Waals surface area contributed by atoms with Crippen molar-refractivity contribution in [3.63, 3.8) is 0 Å². The Labute approximate surface area is 203 Å². The fourth-order valence-corrected chi connectivity index (χ4v) is 4.93. The van der Waals surface area contributed by atoms with Crippen LogP contribution in [0, 0.1) is 5.92 Å². The normalized spacial score (nSPS) is 19.7. The van der Waals surface area contributed by atoms with Crippen molar-refractivity contribution >= 4 is 5.78 Å². The molecule has 0 aromatic heterocycles. The van der Waals surface area contributed by atoms with E-state index < -0.39 is 6.10 Å². The molecule has 33 heavy (non-hydrogen) atoms. The van der Waals surface area contributed by atoms with Crippen LogP contribution < -0.4 is 9.47 Å². The molecule has 0 saturated carbocycles. The van der Waals surface area contributed by atoms with Gasteiger partial charge in [-0.3, -0.25) is 9.69 Å². The van der Waals surface area contributed by atoms with Gasteiger partial charge in [-0.1, -0.05) is 46.1 Å². The molecule has 3 atom stereocenters. The zero-order chi connectivity index (χ0) is 22.8. The topological polar surface area (TPSA) is 68.2 Å². The smallest absolute Gasteiger partial charge is 0.161 e. The van der Waals surface area contributed by atoms with Gasteiger partial charge in [0, 0.05) is 41.3 Å². The molecule has 0 radical (unpaired) electrons. The van der Waals surface area contributed by atoms with Crippen LogP contribution in [-0.4, -0.2) is 61.9 Å². The summed E-state index contributed by atoms with van der Waals surface area (Å²) in [5.41, 5.74) is 0.789. The van der Waals surface area contributed by atoms with E-state index in [1.54, 1.807) is 7.11 Å². The number of carbonyl (C=O) groups is 1. The minimum Gasteiger partial charge on any atom is -0.486 e. The Morgan fingerprint density at radius 3 is 2.73 bits per heavy atom. The summed E-state index contributed by atoms with van der Waals surface area (Å²) in [4.78, 5) is 15.2. The largest absolute Gasteiger partial charge is 0.486 e. The van der Waals surface area contributed by atoms with Gasteiger partial charge in [0.15, 0.2) is 11.5 Å². The minimum absolute atomic E-state index is 0. The summed E-state index contributed by atoms with van der Waals surface area (Å²) in [5.74, 6) is 1.49. The molecule has 1 saturated heterocycles. The summed E-state index contributed by atoms with van der Waals surface area (Å²) in [6.45, 7) is 5.64. The molecule has 0 bridgehead atoms. The van der Waals surface area contributed by atoms with E-state index in [4.69, 9.17) is 14.2 Å². The number of nitrogens with zero attached hydrogens (tertiary/aromatic N) is 1. The second-order valence-corrected chi connectivity index (χ2v) is 9.26. The number of hydrogen-bond acceptors (Lipinski definition) is 6. The van der Waals surface area contributed by atoms with Gasteiger partial charge in [0.1, 0.15) is 19.0 Å². The Morgan fingerprint density at radius 2 is 1.97 bits per heavy atom.